The van der Waals surface area contributed by atoms with E-state index in [1.807, 2.05) is 26.2 Å². The molecule has 1 heterocycles. The number of benzene rings is 1. The molecule has 0 aliphatic carbocycles. The van der Waals surface area contributed by atoms with E-state index in [9.17, 15) is 9.59 Å². The van der Waals surface area contributed by atoms with E-state index in [0.29, 0.717) is 24.5 Å². The number of nitrogens with one attached hydrogen (secondary N) is 2. The number of carbonyl (C=O) groups is 2. The van der Waals surface area contributed by atoms with Gasteiger partial charge in [0.1, 0.15) is 11.9 Å². The Balaban J connectivity index is 2.37. The van der Waals surface area contributed by atoms with E-state index in [0.717, 1.165) is 5.56 Å². The third kappa shape index (κ3) is 4.45. The van der Waals surface area contributed by atoms with Crippen molar-refractivity contribution >= 4 is 17.5 Å². The second-order valence-corrected chi connectivity index (χ2v) is 6.15. The topological polar surface area (TPSA) is 70.7 Å². The van der Waals surface area contributed by atoms with Crippen LogP contribution >= 0.6 is 0 Å². The average molecular weight is 319 g/mol. The normalized spacial score (nSPS) is 21.6. The van der Waals surface area contributed by atoms with Gasteiger partial charge in [0.15, 0.2) is 0 Å². The number of rotatable bonds is 3. The first kappa shape index (κ1) is 17.3. The van der Waals surface area contributed by atoms with E-state index in [2.05, 4.69) is 17.6 Å². The van der Waals surface area contributed by atoms with Crippen LogP contribution in [0.3, 0.4) is 0 Å². The van der Waals surface area contributed by atoms with E-state index >= 15 is 0 Å². The van der Waals surface area contributed by atoms with Crippen molar-refractivity contribution in [2.45, 2.75) is 26.4 Å². The van der Waals surface area contributed by atoms with E-state index in [4.69, 9.17) is 4.74 Å². The van der Waals surface area contributed by atoms with Crippen LogP contribution in [-0.2, 0) is 16.0 Å². The van der Waals surface area contributed by atoms with E-state index in [1.165, 1.54) is 6.92 Å². The fourth-order valence-electron chi connectivity index (χ4n) is 2.79. The van der Waals surface area contributed by atoms with Gasteiger partial charge in [-0.25, -0.2) is 0 Å². The van der Waals surface area contributed by atoms with Gasteiger partial charge in [0, 0.05) is 44.2 Å². The second-order valence-electron chi connectivity index (χ2n) is 6.15. The minimum atomic E-state index is -0.140. The summed E-state index contributed by atoms with van der Waals surface area (Å²) in [6, 6.07) is 5.44. The molecule has 0 radical (unpaired) electrons. The van der Waals surface area contributed by atoms with Crippen LogP contribution in [0.15, 0.2) is 18.2 Å². The Bertz CT molecular complexity index is 588. The molecule has 0 aromatic heterocycles. The van der Waals surface area contributed by atoms with Crippen molar-refractivity contribution < 1.29 is 14.3 Å². The summed E-state index contributed by atoms with van der Waals surface area (Å²) in [6.07, 6.45) is 0.233. The Morgan fingerprint density at radius 3 is 2.83 bits per heavy atom. The molecule has 1 aromatic rings. The molecular weight excluding hydrogens is 294 g/mol. The van der Waals surface area contributed by atoms with Crippen LogP contribution in [0.5, 0.6) is 5.75 Å². The minimum Gasteiger partial charge on any atom is -0.488 e. The third-order valence-electron chi connectivity index (χ3n) is 4.03. The van der Waals surface area contributed by atoms with Gasteiger partial charge in [-0.1, -0.05) is 6.92 Å². The van der Waals surface area contributed by atoms with Crippen LogP contribution in [0, 0.1) is 5.92 Å². The third-order valence-corrected chi connectivity index (χ3v) is 4.03. The maximum absolute atomic E-state index is 12.4. The van der Waals surface area contributed by atoms with Crippen LogP contribution in [0.25, 0.3) is 0 Å². The van der Waals surface area contributed by atoms with Crippen molar-refractivity contribution in [3.8, 4) is 5.75 Å². The van der Waals surface area contributed by atoms with Gasteiger partial charge in [0.05, 0.1) is 6.42 Å². The van der Waals surface area contributed by atoms with Gasteiger partial charge in [0.2, 0.25) is 11.8 Å². The molecule has 2 N–H and O–H groups in total. The number of hydrogen-bond acceptors (Lipinski definition) is 4. The molecule has 6 heteroatoms. The summed E-state index contributed by atoms with van der Waals surface area (Å²) in [4.78, 5) is 25.4. The lowest BCUT2D eigenvalue weighted by atomic mass is 10.0. The van der Waals surface area contributed by atoms with Crippen molar-refractivity contribution in [2.75, 3.05) is 32.5 Å². The minimum absolute atomic E-state index is 0.0290. The van der Waals surface area contributed by atoms with Crippen molar-refractivity contribution in [2.24, 2.45) is 5.92 Å². The zero-order valence-corrected chi connectivity index (χ0v) is 14.2. The molecular formula is C17H25N3O3. The average Bonchev–Trinajstić information content (AvgIpc) is 2.51. The van der Waals surface area contributed by atoms with Gasteiger partial charge in [0.25, 0.3) is 0 Å². The van der Waals surface area contributed by atoms with Crippen molar-refractivity contribution in [1.29, 1.82) is 0 Å². The maximum Gasteiger partial charge on any atom is 0.226 e. The molecule has 2 rings (SSSR count). The van der Waals surface area contributed by atoms with Gasteiger partial charge in [-0.3, -0.25) is 9.59 Å². The monoisotopic (exact) mass is 319 g/mol. The lowest BCUT2D eigenvalue weighted by Gasteiger charge is -2.27. The highest BCUT2D eigenvalue weighted by molar-refractivity contribution is 5.89. The summed E-state index contributed by atoms with van der Waals surface area (Å²) in [5, 5.41) is 5.89. The van der Waals surface area contributed by atoms with Crippen molar-refractivity contribution in [1.82, 2.24) is 10.2 Å². The zero-order valence-electron chi connectivity index (χ0n) is 14.2. The first-order chi connectivity index (χ1) is 10.9. The Morgan fingerprint density at radius 1 is 1.43 bits per heavy atom. The fourth-order valence-corrected chi connectivity index (χ4v) is 2.79. The number of nitrogens with zero attached hydrogens (tertiary/aromatic N) is 1. The number of likely N-dealkylation sites (N-methyl/N-ethyl adjacent to an activating group) is 2. The number of carbonyl (C=O) groups excluding carboxylic acids is 2. The molecule has 0 saturated heterocycles. The molecule has 1 aliphatic heterocycles. The molecule has 2 atom stereocenters. The Hall–Kier alpha value is -2.08. The summed E-state index contributed by atoms with van der Waals surface area (Å²) in [6.45, 7) is 4.90. The summed E-state index contributed by atoms with van der Waals surface area (Å²) >= 11 is 0. The highest BCUT2D eigenvalue weighted by Gasteiger charge is 2.26. The predicted molar refractivity (Wildman–Crippen MR) is 89.6 cm³/mol. The van der Waals surface area contributed by atoms with Crippen molar-refractivity contribution in [3.05, 3.63) is 23.8 Å². The fraction of sp³-hybridized carbons (Fsp3) is 0.529. The summed E-state index contributed by atoms with van der Waals surface area (Å²) in [5.74, 6) is 0.818. The van der Waals surface area contributed by atoms with Gasteiger partial charge < -0.3 is 20.3 Å². The van der Waals surface area contributed by atoms with Crippen LogP contribution in [0.4, 0.5) is 5.69 Å². The van der Waals surface area contributed by atoms with Crippen LogP contribution in [-0.4, -0.2) is 50.0 Å². The summed E-state index contributed by atoms with van der Waals surface area (Å²) in [7, 11) is 3.70. The van der Waals surface area contributed by atoms with Gasteiger partial charge in [-0.2, -0.15) is 0 Å². The first-order valence-corrected chi connectivity index (χ1v) is 7.86. The molecule has 0 bridgehead atoms. The molecule has 0 unspecified atom stereocenters. The Kier molecular flexibility index (Phi) is 5.60. The highest BCUT2D eigenvalue weighted by atomic mass is 16.5. The molecule has 2 amide bonds. The molecule has 0 spiro atoms. The Morgan fingerprint density at radius 2 is 2.17 bits per heavy atom. The van der Waals surface area contributed by atoms with Crippen LogP contribution in [0.1, 0.15) is 19.4 Å². The number of anilines is 1. The maximum atomic E-state index is 12.4. The molecule has 6 nitrogen and oxygen atoms in total. The molecule has 23 heavy (non-hydrogen) atoms. The lowest BCUT2D eigenvalue weighted by Crippen LogP contribution is -2.41. The predicted octanol–water partition coefficient (Wildman–Crippen LogP) is 1.26. The number of amides is 2. The summed E-state index contributed by atoms with van der Waals surface area (Å²) in [5.41, 5.74) is 1.47. The second kappa shape index (κ2) is 7.46. The summed E-state index contributed by atoms with van der Waals surface area (Å²) < 4.78 is 6.17. The smallest absolute Gasteiger partial charge is 0.226 e. The largest absolute Gasteiger partial charge is 0.488 e. The molecule has 126 valence electrons. The van der Waals surface area contributed by atoms with Gasteiger partial charge >= 0.3 is 0 Å². The quantitative estimate of drug-likeness (QED) is 0.880. The van der Waals surface area contributed by atoms with Crippen LogP contribution < -0.4 is 15.4 Å². The lowest BCUT2D eigenvalue weighted by molar-refractivity contribution is -0.129. The standard InChI is InChI=1S/C17H25N3O3/c1-11-10-20(4)17(22)8-13-7-14(19-12(2)21)5-6-15(13)23-16(11)9-18-3/h5-7,11,16,18H,8-10H2,1-4H3,(H,19,21)/t11-,16+/m1/s1. The number of fused-ring (bicyclic) bond motifs is 1. The van der Waals surface area contributed by atoms with E-state index in [1.54, 1.807) is 11.0 Å². The molecule has 1 aromatic carbocycles. The van der Waals surface area contributed by atoms with E-state index < -0.39 is 0 Å². The Labute approximate surface area is 137 Å². The molecule has 0 fully saturated rings. The molecule has 1 aliphatic rings. The van der Waals surface area contributed by atoms with Gasteiger partial charge in [-0.05, 0) is 25.2 Å². The van der Waals surface area contributed by atoms with Crippen molar-refractivity contribution in [3.63, 3.8) is 0 Å². The molecule has 0 saturated carbocycles. The number of hydrogen-bond donors (Lipinski definition) is 2. The zero-order chi connectivity index (χ0) is 17.0. The van der Waals surface area contributed by atoms with Crippen LogP contribution in [0.2, 0.25) is 0 Å². The SMILES string of the molecule is CNC[C@@H]1Oc2ccc(NC(C)=O)cc2CC(=O)N(C)C[C@H]1C. The highest BCUT2D eigenvalue weighted by Crippen LogP contribution is 2.28. The number of ether oxygens (including phenoxy) is 1. The van der Waals surface area contributed by atoms with Gasteiger partial charge in [-0.15, -0.1) is 0 Å². The van der Waals surface area contributed by atoms with E-state index in [-0.39, 0.29) is 30.3 Å². The first-order valence-electron chi connectivity index (χ1n) is 7.86.